The average Bonchev–Trinajstić information content (AvgIpc) is 3.08. The number of aromatic nitrogens is 3. The Labute approximate surface area is 161 Å². The molecule has 1 fully saturated rings. The maximum atomic E-state index is 5.84. The molecule has 140 valence electrons. The maximum Gasteiger partial charge on any atom is 0.139 e. The third-order valence-electron chi connectivity index (χ3n) is 5.00. The molecule has 27 heavy (non-hydrogen) atoms. The lowest BCUT2D eigenvalue weighted by Gasteiger charge is -2.23. The van der Waals surface area contributed by atoms with Crippen LogP contribution < -0.4 is 4.74 Å². The number of benzene rings is 1. The molecule has 0 aliphatic heterocycles. The van der Waals surface area contributed by atoms with Crippen molar-refractivity contribution in [3.8, 4) is 28.4 Å². The predicted molar refractivity (Wildman–Crippen MR) is 109 cm³/mol. The molecular formula is C23H27N3O. The van der Waals surface area contributed by atoms with E-state index in [1.54, 1.807) is 0 Å². The van der Waals surface area contributed by atoms with Crippen LogP contribution in [0.5, 0.6) is 5.75 Å². The monoisotopic (exact) mass is 361 g/mol. The van der Waals surface area contributed by atoms with Crippen molar-refractivity contribution in [3.63, 3.8) is 0 Å². The van der Waals surface area contributed by atoms with Crippen LogP contribution in [0.15, 0.2) is 48.8 Å². The Bertz CT molecular complexity index is 885. The van der Waals surface area contributed by atoms with Crippen LogP contribution in [0, 0.1) is 5.41 Å². The summed E-state index contributed by atoms with van der Waals surface area (Å²) in [5, 5.41) is 0. The maximum absolute atomic E-state index is 5.84. The van der Waals surface area contributed by atoms with E-state index in [9.17, 15) is 0 Å². The SMILES string of the molecule is CC(C)(C)COc1ccc(-c2ccc(-c3ncc(C4CCC4)[nH]3)cn2)cc1. The first-order valence-corrected chi connectivity index (χ1v) is 9.72. The van der Waals surface area contributed by atoms with Crippen LogP contribution in [0.4, 0.5) is 0 Å². The topological polar surface area (TPSA) is 50.8 Å². The van der Waals surface area contributed by atoms with Gasteiger partial charge in [0, 0.05) is 35.1 Å². The van der Waals surface area contributed by atoms with E-state index in [2.05, 4.69) is 53.9 Å². The fourth-order valence-electron chi connectivity index (χ4n) is 3.14. The highest BCUT2D eigenvalue weighted by Crippen LogP contribution is 2.36. The van der Waals surface area contributed by atoms with E-state index >= 15 is 0 Å². The number of aromatic amines is 1. The predicted octanol–water partition coefficient (Wildman–Crippen LogP) is 5.83. The summed E-state index contributed by atoms with van der Waals surface area (Å²) in [7, 11) is 0. The number of rotatable bonds is 5. The van der Waals surface area contributed by atoms with Gasteiger partial charge in [0.05, 0.1) is 12.3 Å². The van der Waals surface area contributed by atoms with Gasteiger partial charge in [-0.2, -0.15) is 0 Å². The molecule has 1 aliphatic carbocycles. The van der Waals surface area contributed by atoms with Crippen molar-refractivity contribution in [2.75, 3.05) is 6.61 Å². The van der Waals surface area contributed by atoms with Crippen molar-refractivity contribution in [2.24, 2.45) is 5.41 Å². The summed E-state index contributed by atoms with van der Waals surface area (Å²) < 4.78 is 5.84. The fraction of sp³-hybridized carbons (Fsp3) is 0.391. The first kappa shape index (κ1) is 17.8. The number of nitrogens with one attached hydrogen (secondary N) is 1. The van der Waals surface area contributed by atoms with Crippen LogP contribution >= 0.6 is 0 Å². The summed E-state index contributed by atoms with van der Waals surface area (Å²) in [6.45, 7) is 7.20. The Balaban J connectivity index is 1.44. The molecule has 4 nitrogen and oxygen atoms in total. The Morgan fingerprint density at radius 1 is 0.963 bits per heavy atom. The molecule has 1 aromatic carbocycles. The van der Waals surface area contributed by atoms with Crippen molar-refractivity contribution >= 4 is 0 Å². The van der Waals surface area contributed by atoms with E-state index in [-0.39, 0.29) is 5.41 Å². The van der Waals surface area contributed by atoms with Crippen molar-refractivity contribution < 1.29 is 4.74 Å². The molecule has 1 N–H and O–H groups in total. The van der Waals surface area contributed by atoms with Gasteiger partial charge in [-0.15, -0.1) is 0 Å². The van der Waals surface area contributed by atoms with Crippen LogP contribution in [0.3, 0.4) is 0 Å². The van der Waals surface area contributed by atoms with Crippen molar-refractivity contribution in [1.29, 1.82) is 0 Å². The lowest BCUT2D eigenvalue weighted by Crippen LogP contribution is -2.16. The zero-order valence-electron chi connectivity index (χ0n) is 16.3. The summed E-state index contributed by atoms with van der Waals surface area (Å²) in [6, 6.07) is 12.3. The highest BCUT2D eigenvalue weighted by atomic mass is 16.5. The summed E-state index contributed by atoms with van der Waals surface area (Å²) in [5.41, 5.74) is 4.47. The zero-order valence-corrected chi connectivity index (χ0v) is 16.3. The molecule has 4 rings (SSSR count). The molecule has 0 amide bonds. The number of nitrogens with zero attached hydrogens (tertiary/aromatic N) is 2. The molecule has 0 unspecified atom stereocenters. The zero-order chi connectivity index (χ0) is 18.9. The van der Waals surface area contributed by atoms with E-state index in [4.69, 9.17) is 4.74 Å². The molecule has 2 heterocycles. The van der Waals surface area contributed by atoms with Crippen LogP contribution in [0.2, 0.25) is 0 Å². The Morgan fingerprint density at radius 2 is 1.70 bits per heavy atom. The summed E-state index contributed by atoms with van der Waals surface area (Å²) >= 11 is 0. The Kier molecular flexibility index (Phi) is 4.73. The van der Waals surface area contributed by atoms with E-state index < -0.39 is 0 Å². The highest BCUT2D eigenvalue weighted by Gasteiger charge is 2.21. The van der Waals surface area contributed by atoms with Gasteiger partial charge in [0.25, 0.3) is 0 Å². The van der Waals surface area contributed by atoms with Crippen molar-refractivity contribution in [2.45, 2.75) is 46.0 Å². The summed E-state index contributed by atoms with van der Waals surface area (Å²) in [4.78, 5) is 12.6. The lowest BCUT2D eigenvalue weighted by molar-refractivity contribution is 0.198. The molecule has 0 spiro atoms. The minimum absolute atomic E-state index is 0.153. The first-order valence-electron chi connectivity index (χ1n) is 9.72. The summed E-state index contributed by atoms with van der Waals surface area (Å²) in [5.74, 6) is 2.46. The standard InChI is InChI=1S/C23H27N3O/c1-23(2,3)15-27-19-10-7-17(8-11-19)20-12-9-18(13-24-20)22-25-14-21(26-22)16-5-4-6-16/h7-14,16H,4-6,15H2,1-3H3,(H,25,26). The number of hydrogen-bond acceptors (Lipinski definition) is 3. The van der Waals surface area contributed by atoms with E-state index in [0.29, 0.717) is 12.5 Å². The number of hydrogen-bond donors (Lipinski definition) is 1. The molecular weight excluding hydrogens is 334 g/mol. The van der Waals surface area contributed by atoms with E-state index in [1.165, 1.54) is 25.0 Å². The first-order chi connectivity index (χ1) is 13.0. The Morgan fingerprint density at radius 3 is 2.30 bits per heavy atom. The average molecular weight is 361 g/mol. The molecule has 0 radical (unpaired) electrons. The van der Waals surface area contributed by atoms with E-state index in [0.717, 1.165) is 28.4 Å². The number of H-pyrrole nitrogens is 1. The third kappa shape index (κ3) is 4.21. The van der Waals surface area contributed by atoms with Gasteiger partial charge in [0.2, 0.25) is 0 Å². The molecule has 0 bridgehead atoms. The minimum atomic E-state index is 0.153. The van der Waals surface area contributed by atoms with Gasteiger partial charge in [-0.3, -0.25) is 4.98 Å². The lowest BCUT2D eigenvalue weighted by atomic mass is 9.83. The second-order valence-corrected chi connectivity index (χ2v) is 8.62. The van der Waals surface area contributed by atoms with Crippen LogP contribution in [-0.4, -0.2) is 21.6 Å². The number of pyridine rings is 1. The Hall–Kier alpha value is -2.62. The van der Waals surface area contributed by atoms with Gasteiger partial charge in [0.15, 0.2) is 0 Å². The summed E-state index contributed by atoms with van der Waals surface area (Å²) in [6.07, 6.45) is 7.74. The smallest absolute Gasteiger partial charge is 0.139 e. The highest BCUT2D eigenvalue weighted by molar-refractivity contribution is 5.63. The van der Waals surface area contributed by atoms with Gasteiger partial charge >= 0.3 is 0 Å². The molecule has 0 atom stereocenters. The van der Waals surface area contributed by atoms with E-state index in [1.807, 2.05) is 30.6 Å². The normalized spacial score (nSPS) is 14.8. The fourth-order valence-corrected chi connectivity index (χ4v) is 3.14. The van der Waals surface area contributed by atoms with Gasteiger partial charge in [-0.05, 0) is 54.7 Å². The molecule has 0 saturated heterocycles. The van der Waals surface area contributed by atoms with Crippen LogP contribution in [0.25, 0.3) is 22.6 Å². The van der Waals surface area contributed by atoms with Gasteiger partial charge in [0.1, 0.15) is 11.6 Å². The minimum Gasteiger partial charge on any atom is -0.493 e. The van der Waals surface area contributed by atoms with Gasteiger partial charge < -0.3 is 9.72 Å². The number of ether oxygens (including phenoxy) is 1. The molecule has 1 aliphatic rings. The van der Waals surface area contributed by atoms with Crippen LogP contribution in [-0.2, 0) is 0 Å². The van der Waals surface area contributed by atoms with Crippen molar-refractivity contribution in [1.82, 2.24) is 15.0 Å². The molecule has 3 aromatic rings. The molecule has 4 heteroatoms. The number of imidazole rings is 1. The van der Waals surface area contributed by atoms with Gasteiger partial charge in [-0.1, -0.05) is 27.2 Å². The third-order valence-corrected chi connectivity index (χ3v) is 5.00. The van der Waals surface area contributed by atoms with Gasteiger partial charge in [-0.25, -0.2) is 4.98 Å². The largest absolute Gasteiger partial charge is 0.493 e. The second kappa shape index (κ2) is 7.18. The van der Waals surface area contributed by atoms with Crippen molar-refractivity contribution in [3.05, 3.63) is 54.5 Å². The second-order valence-electron chi connectivity index (χ2n) is 8.62. The molecule has 2 aromatic heterocycles. The quantitative estimate of drug-likeness (QED) is 0.622. The van der Waals surface area contributed by atoms with Crippen LogP contribution in [0.1, 0.15) is 51.6 Å². The molecule has 1 saturated carbocycles.